The maximum Gasteiger partial charge on any atom is 0.309 e. The van der Waals surface area contributed by atoms with E-state index in [1.54, 1.807) is 16.2 Å². The molecule has 0 aliphatic heterocycles. The molecule has 20 heavy (non-hydrogen) atoms. The lowest BCUT2D eigenvalue weighted by atomic mass is 9.95. The van der Waals surface area contributed by atoms with Crippen LogP contribution in [0.3, 0.4) is 0 Å². The Morgan fingerprint density at radius 3 is 2.70 bits per heavy atom. The van der Waals surface area contributed by atoms with Crippen molar-refractivity contribution >= 4 is 23.2 Å². The molecule has 1 amide bonds. The number of carbonyl (C=O) groups excluding carboxylic acids is 2. The lowest BCUT2D eigenvalue weighted by Gasteiger charge is -2.24. The van der Waals surface area contributed by atoms with Crippen LogP contribution in [0.5, 0.6) is 0 Å². The second kappa shape index (κ2) is 6.39. The van der Waals surface area contributed by atoms with Crippen LogP contribution in [-0.4, -0.2) is 30.9 Å². The molecule has 0 N–H and O–H groups in total. The highest BCUT2D eigenvalue weighted by Crippen LogP contribution is 2.34. The van der Waals surface area contributed by atoms with Gasteiger partial charge in [-0.3, -0.25) is 9.59 Å². The Kier molecular flexibility index (Phi) is 4.81. The molecule has 1 aliphatic rings. The number of nitrogens with zero attached hydrogens (tertiary/aromatic N) is 1. The number of thiophene rings is 1. The van der Waals surface area contributed by atoms with Crippen molar-refractivity contribution in [3.05, 3.63) is 21.9 Å². The predicted octanol–water partition coefficient (Wildman–Crippen LogP) is 2.60. The Hall–Kier alpha value is -1.36. The minimum absolute atomic E-state index is 0.0608. The molecule has 1 fully saturated rings. The summed E-state index contributed by atoms with van der Waals surface area (Å²) in [6, 6.07) is 2.06. The van der Waals surface area contributed by atoms with Gasteiger partial charge >= 0.3 is 5.97 Å². The Labute approximate surface area is 123 Å². The highest BCUT2D eigenvalue weighted by atomic mass is 32.1. The van der Waals surface area contributed by atoms with Crippen LogP contribution in [0, 0.1) is 18.8 Å². The zero-order chi connectivity index (χ0) is 14.7. The van der Waals surface area contributed by atoms with Gasteiger partial charge in [-0.15, -0.1) is 11.3 Å². The first-order valence-electron chi connectivity index (χ1n) is 6.90. The zero-order valence-electron chi connectivity index (χ0n) is 12.2. The molecule has 1 saturated carbocycles. The highest BCUT2D eigenvalue weighted by molar-refractivity contribution is 7.10. The van der Waals surface area contributed by atoms with Gasteiger partial charge in [0.15, 0.2) is 0 Å². The van der Waals surface area contributed by atoms with Crippen LogP contribution in [0.1, 0.15) is 29.7 Å². The second-order valence-electron chi connectivity index (χ2n) is 5.39. The molecule has 1 aromatic heterocycles. The fourth-order valence-electron chi connectivity index (χ4n) is 2.83. The van der Waals surface area contributed by atoms with Gasteiger partial charge in [0, 0.05) is 11.9 Å². The average molecular weight is 295 g/mol. The van der Waals surface area contributed by atoms with Crippen LogP contribution in [0.25, 0.3) is 0 Å². The van der Waals surface area contributed by atoms with Crippen molar-refractivity contribution in [2.24, 2.45) is 11.8 Å². The molecule has 1 aliphatic carbocycles. The molecule has 5 heteroatoms. The number of rotatable bonds is 4. The zero-order valence-corrected chi connectivity index (χ0v) is 13.0. The van der Waals surface area contributed by atoms with E-state index in [1.165, 1.54) is 17.6 Å². The summed E-state index contributed by atoms with van der Waals surface area (Å²) < 4.78 is 4.81. The van der Waals surface area contributed by atoms with Gasteiger partial charge in [-0.05, 0) is 36.8 Å². The number of hydrogen-bond acceptors (Lipinski definition) is 4. The standard InChI is InChI=1S/C15H21NO3S/c1-10-7-8-20-13(10)9-16(2)14(17)11-5-4-6-12(11)15(18)19-3/h7-8,11-12H,4-6,9H2,1-3H3/t11-,12-/m1/s1. The molecular weight excluding hydrogens is 274 g/mol. The van der Waals surface area contributed by atoms with Crippen LogP contribution in [0.2, 0.25) is 0 Å². The van der Waals surface area contributed by atoms with Crippen LogP contribution in [0.4, 0.5) is 0 Å². The van der Waals surface area contributed by atoms with Gasteiger partial charge in [-0.2, -0.15) is 0 Å². The number of hydrogen-bond donors (Lipinski definition) is 0. The molecule has 2 rings (SSSR count). The van der Waals surface area contributed by atoms with Gasteiger partial charge < -0.3 is 9.64 Å². The number of methoxy groups -OCH3 is 1. The third kappa shape index (κ3) is 3.03. The molecule has 110 valence electrons. The van der Waals surface area contributed by atoms with Crippen molar-refractivity contribution in [1.82, 2.24) is 4.90 Å². The van der Waals surface area contributed by atoms with E-state index in [4.69, 9.17) is 4.74 Å². The first-order chi connectivity index (χ1) is 9.54. The molecule has 0 aromatic carbocycles. The molecule has 4 nitrogen and oxygen atoms in total. The van der Waals surface area contributed by atoms with Gasteiger partial charge in [-0.1, -0.05) is 6.42 Å². The first kappa shape index (κ1) is 15.0. The van der Waals surface area contributed by atoms with Crippen LogP contribution < -0.4 is 0 Å². The van der Waals surface area contributed by atoms with E-state index in [0.29, 0.717) is 6.54 Å². The maximum absolute atomic E-state index is 12.5. The van der Waals surface area contributed by atoms with E-state index in [0.717, 1.165) is 19.3 Å². The minimum atomic E-state index is -0.264. The Bertz CT molecular complexity index is 497. The largest absolute Gasteiger partial charge is 0.469 e. The molecular formula is C15H21NO3S. The normalized spacial score (nSPS) is 21.8. The lowest BCUT2D eigenvalue weighted by Crippen LogP contribution is -2.36. The van der Waals surface area contributed by atoms with E-state index in [9.17, 15) is 9.59 Å². The van der Waals surface area contributed by atoms with E-state index in [-0.39, 0.29) is 23.7 Å². The molecule has 1 heterocycles. The van der Waals surface area contributed by atoms with Crippen molar-refractivity contribution in [3.63, 3.8) is 0 Å². The van der Waals surface area contributed by atoms with Crippen molar-refractivity contribution in [1.29, 1.82) is 0 Å². The number of ether oxygens (including phenoxy) is 1. The average Bonchev–Trinajstić information content (AvgIpc) is 3.06. The third-order valence-corrected chi connectivity index (χ3v) is 5.07. The van der Waals surface area contributed by atoms with Crippen molar-refractivity contribution < 1.29 is 14.3 Å². The number of aryl methyl sites for hydroxylation is 1. The summed E-state index contributed by atoms with van der Waals surface area (Å²) in [5.41, 5.74) is 1.21. The van der Waals surface area contributed by atoms with Crippen LogP contribution >= 0.6 is 11.3 Å². The summed E-state index contributed by atoms with van der Waals surface area (Å²) in [6.45, 7) is 2.67. The number of amides is 1. The summed E-state index contributed by atoms with van der Waals surface area (Å²) in [4.78, 5) is 27.2. The van der Waals surface area contributed by atoms with Crippen molar-refractivity contribution in [2.75, 3.05) is 14.2 Å². The van der Waals surface area contributed by atoms with Gasteiger partial charge in [0.05, 0.1) is 25.5 Å². The molecule has 0 spiro atoms. The van der Waals surface area contributed by atoms with E-state index < -0.39 is 0 Å². The summed E-state index contributed by atoms with van der Waals surface area (Å²) >= 11 is 1.66. The summed E-state index contributed by atoms with van der Waals surface area (Å²) in [6.07, 6.45) is 2.46. The van der Waals surface area contributed by atoms with Gasteiger partial charge in [-0.25, -0.2) is 0 Å². The van der Waals surface area contributed by atoms with Gasteiger partial charge in [0.1, 0.15) is 0 Å². The fourth-order valence-corrected chi connectivity index (χ4v) is 3.79. The SMILES string of the molecule is COC(=O)[C@@H]1CCC[C@H]1C(=O)N(C)Cc1sccc1C. The summed E-state index contributed by atoms with van der Waals surface area (Å²) in [5.74, 6) is -0.667. The number of carbonyl (C=O) groups is 2. The maximum atomic E-state index is 12.5. The molecule has 0 saturated heterocycles. The second-order valence-corrected chi connectivity index (χ2v) is 6.39. The van der Waals surface area contributed by atoms with E-state index >= 15 is 0 Å². The van der Waals surface area contributed by atoms with Gasteiger partial charge in [0.25, 0.3) is 0 Å². The van der Waals surface area contributed by atoms with Crippen molar-refractivity contribution in [3.8, 4) is 0 Å². The van der Waals surface area contributed by atoms with E-state index in [2.05, 4.69) is 13.0 Å². The lowest BCUT2D eigenvalue weighted by molar-refractivity contribution is -0.151. The fraction of sp³-hybridized carbons (Fsp3) is 0.600. The highest BCUT2D eigenvalue weighted by Gasteiger charge is 2.39. The summed E-state index contributed by atoms with van der Waals surface area (Å²) in [5, 5.41) is 2.04. The van der Waals surface area contributed by atoms with Crippen LogP contribution in [0.15, 0.2) is 11.4 Å². The molecule has 0 bridgehead atoms. The third-order valence-electron chi connectivity index (χ3n) is 4.06. The molecule has 2 atom stereocenters. The topological polar surface area (TPSA) is 46.6 Å². The molecule has 0 unspecified atom stereocenters. The molecule has 1 aromatic rings. The minimum Gasteiger partial charge on any atom is -0.469 e. The number of esters is 1. The van der Waals surface area contributed by atoms with Gasteiger partial charge in [0.2, 0.25) is 5.91 Å². The molecule has 0 radical (unpaired) electrons. The monoisotopic (exact) mass is 295 g/mol. The smallest absolute Gasteiger partial charge is 0.309 e. The Balaban J connectivity index is 2.03. The first-order valence-corrected chi connectivity index (χ1v) is 7.78. The quantitative estimate of drug-likeness (QED) is 0.802. The van der Waals surface area contributed by atoms with Crippen LogP contribution in [-0.2, 0) is 20.9 Å². The Morgan fingerprint density at radius 2 is 2.10 bits per heavy atom. The predicted molar refractivity (Wildman–Crippen MR) is 78.4 cm³/mol. The van der Waals surface area contributed by atoms with E-state index in [1.807, 2.05) is 12.4 Å². The summed E-state index contributed by atoms with van der Waals surface area (Å²) in [7, 11) is 3.20. The Morgan fingerprint density at radius 1 is 1.40 bits per heavy atom. The van der Waals surface area contributed by atoms with Crippen molar-refractivity contribution in [2.45, 2.75) is 32.7 Å².